The topological polar surface area (TPSA) is 50.7 Å². The summed E-state index contributed by atoms with van der Waals surface area (Å²) < 4.78 is 10.8. The number of benzene rings is 1. The zero-order valence-corrected chi connectivity index (χ0v) is 11.2. The van der Waals surface area contributed by atoms with Crippen molar-refractivity contribution in [1.82, 2.24) is 5.32 Å². The standard InChI is InChI=1S/C14H23NO3/c1-3-15-13(7-8-16)11-18-14-6-4-5-12(9-14)10-17-2/h4-6,9,13,15-16H,3,7-8,10-11H2,1-2H3. The van der Waals surface area contributed by atoms with Crippen LogP contribution in [0.25, 0.3) is 0 Å². The second-order valence-electron chi connectivity index (χ2n) is 4.16. The molecule has 1 rings (SSSR count). The van der Waals surface area contributed by atoms with E-state index in [4.69, 9.17) is 14.6 Å². The van der Waals surface area contributed by atoms with E-state index in [9.17, 15) is 0 Å². The Morgan fingerprint density at radius 3 is 2.89 bits per heavy atom. The Bertz CT molecular complexity index is 325. The van der Waals surface area contributed by atoms with Crippen LogP contribution < -0.4 is 10.1 Å². The van der Waals surface area contributed by atoms with Crippen molar-refractivity contribution >= 4 is 0 Å². The van der Waals surface area contributed by atoms with Gasteiger partial charge < -0.3 is 19.9 Å². The minimum absolute atomic E-state index is 0.171. The molecular weight excluding hydrogens is 230 g/mol. The molecule has 0 aromatic heterocycles. The van der Waals surface area contributed by atoms with Crippen LogP contribution in [0.2, 0.25) is 0 Å². The summed E-state index contributed by atoms with van der Waals surface area (Å²) in [4.78, 5) is 0. The molecule has 1 aromatic rings. The fourth-order valence-electron chi connectivity index (χ4n) is 1.78. The predicted octanol–water partition coefficient (Wildman–Crippen LogP) is 1.57. The second kappa shape index (κ2) is 8.91. The van der Waals surface area contributed by atoms with Gasteiger partial charge in [0, 0.05) is 19.8 Å². The van der Waals surface area contributed by atoms with Gasteiger partial charge in [-0.1, -0.05) is 19.1 Å². The van der Waals surface area contributed by atoms with Crippen molar-refractivity contribution in [2.75, 3.05) is 26.9 Å². The van der Waals surface area contributed by atoms with E-state index in [1.54, 1.807) is 7.11 Å². The van der Waals surface area contributed by atoms with Crippen LogP contribution in [0.15, 0.2) is 24.3 Å². The van der Waals surface area contributed by atoms with E-state index in [2.05, 4.69) is 5.32 Å². The van der Waals surface area contributed by atoms with Gasteiger partial charge >= 0.3 is 0 Å². The molecule has 0 fully saturated rings. The maximum absolute atomic E-state index is 8.96. The van der Waals surface area contributed by atoms with Crippen molar-refractivity contribution in [1.29, 1.82) is 0 Å². The normalized spacial score (nSPS) is 12.4. The molecule has 0 spiro atoms. The lowest BCUT2D eigenvalue weighted by atomic mass is 10.2. The summed E-state index contributed by atoms with van der Waals surface area (Å²) in [6, 6.07) is 8.06. The number of aliphatic hydroxyl groups excluding tert-OH is 1. The molecule has 0 aliphatic heterocycles. The van der Waals surface area contributed by atoms with Crippen LogP contribution in [0, 0.1) is 0 Å². The zero-order valence-electron chi connectivity index (χ0n) is 11.2. The third-order valence-corrected chi connectivity index (χ3v) is 2.63. The molecule has 0 aliphatic rings. The highest BCUT2D eigenvalue weighted by Crippen LogP contribution is 2.14. The molecule has 4 heteroatoms. The van der Waals surface area contributed by atoms with Crippen molar-refractivity contribution in [3.05, 3.63) is 29.8 Å². The van der Waals surface area contributed by atoms with Gasteiger partial charge in [-0.2, -0.15) is 0 Å². The molecule has 1 atom stereocenters. The van der Waals surface area contributed by atoms with Gasteiger partial charge in [-0.3, -0.25) is 0 Å². The summed E-state index contributed by atoms with van der Waals surface area (Å²) in [5.41, 5.74) is 1.09. The van der Waals surface area contributed by atoms with Crippen molar-refractivity contribution in [2.24, 2.45) is 0 Å². The summed E-state index contributed by atoms with van der Waals surface area (Å²) in [7, 11) is 1.68. The average Bonchev–Trinajstić information content (AvgIpc) is 2.37. The van der Waals surface area contributed by atoms with E-state index in [0.29, 0.717) is 19.6 Å². The van der Waals surface area contributed by atoms with E-state index in [1.807, 2.05) is 31.2 Å². The molecule has 1 aromatic carbocycles. The number of hydrogen-bond donors (Lipinski definition) is 2. The van der Waals surface area contributed by atoms with Gasteiger partial charge in [-0.15, -0.1) is 0 Å². The molecule has 0 aliphatic carbocycles. The van der Waals surface area contributed by atoms with Crippen LogP contribution in [0.4, 0.5) is 0 Å². The SMILES string of the molecule is CCNC(CCO)COc1cccc(COC)c1. The molecule has 1 unspecified atom stereocenters. The number of aliphatic hydroxyl groups is 1. The summed E-state index contributed by atoms with van der Waals surface area (Å²) in [6.07, 6.45) is 0.700. The van der Waals surface area contributed by atoms with E-state index in [-0.39, 0.29) is 12.6 Å². The van der Waals surface area contributed by atoms with Crippen molar-refractivity contribution < 1.29 is 14.6 Å². The molecule has 0 bridgehead atoms. The Labute approximate surface area is 109 Å². The summed E-state index contributed by atoms with van der Waals surface area (Å²) in [5.74, 6) is 0.838. The van der Waals surface area contributed by atoms with Crippen LogP contribution in [-0.2, 0) is 11.3 Å². The van der Waals surface area contributed by atoms with Crippen LogP contribution in [0.3, 0.4) is 0 Å². The van der Waals surface area contributed by atoms with E-state index in [0.717, 1.165) is 17.9 Å². The number of hydrogen-bond acceptors (Lipinski definition) is 4. The Hall–Kier alpha value is -1.10. The van der Waals surface area contributed by atoms with E-state index in [1.165, 1.54) is 0 Å². The molecule has 0 saturated heterocycles. The molecule has 102 valence electrons. The van der Waals surface area contributed by atoms with Gasteiger partial charge in [0.25, 0.3) is 0 Å². The molecule has 0 radical (unpaired) electrons. The highest BCUT2D eigenvalue weighted by Gasteiger charge is 2.07. The summed E-state index contributed by atoms with van der Waals surface area (Å²) in [5, 5.41) is 12.2. The van der Waals surface area contributed by atoms with E-state index < -0.39 is 0 Å². The van der Waals surface area contributed by atoms with Crippen molar-refractivity contribution in [3.63, 3.8) is 0 Å². The van der Waals surface area contributed by atoms with Crippen LogP contribution in [0.1, 0.15) is 18.9 Å². The Kier molecular flexibility index (Phi) is 7.41. The maximum Gasteiger partial charge on any atom is 0.119 e. The number of nitrogens with one attached hydrogen (secondary N) is 1. The lowest BCUT2D eigenvalue weighted by molar-refractivity contribution is 0.184. The molecule has 0 heterocycles. The van der Waals surface area contributed by atoms with Crippen LogP contribution >= 0.6 is 0 Å². The largest absolute Gasteiger partial charge is 0.492 e. The smallest absolute Gasteiger partial charge is 0.119 e. The Balaban J connectivity index is 2.47. The first-order valence-electron chi connectivity index (χ1n) is 6.35. The minimum Gasteiger partial charge on any atom is -0.492 e. The van der Waals surface area contributed by atoms with Crippen molar-refractivity contribution in [2.45, 2.75) is 26.0 Å². The number of methoxy groups -OCH3 is 1. The molecule has 0 saturated carbocycles. The predicted molar refractivity (Wildman–Crippen MR) is 71.8 cm³/mol. The van der Waals surface area contributed by atoms with Gasteiger partial charge in [0.1, 0.15) is 12.4 Å². The molecule has 0 amide bonds. The minimum atomic E-state index is 0.171. The lowest BCUT2D eigenvalue weighted by Gasteiger charge is -2.17. The van der Waals surface area contributed by atoms with Gasteiger partial charge in [0.05, 0.1) is 6.61 Å². The first kappa shape index (κ1) is 15.0. The third kappa shape index (κ3) is 5.49. The Morgan fingerprint density at radius 2 is 2.22 bits per heavy atom. The second-order valence-corrected chi connectivity index (χ2v) is 4.16. The van der Waals surface area contributed by atoms with Crippen LogP contribution in [0.5, 0.6) is 5.75 Å². The highest BCUT2D eigenvalue weighted by molar-refractivity contribution is 5.28. The lowest BCUT2D eigenvalue weighted by Crippen LogP contribution is -2.35. The van der Waals surface area contributed by atoms with Gasteiger partial charge in [-0.25, -0.2) is 0 Å². The van der Waals surface area contributed by atoms with Gasteiger partial charge in [-0.05, 0) is 30.7 Å². The number of rotatable bonds is 9. The third-order valence-electron chi connectivity index (χ3n) is 2.63. The first-order chi connectivity index (χ1) is 8.80. The fourth-order valence-corrected chi connectivity index (χ4v) is 1.78. The monoisotopic (exact) mass is 253 g/mol. The average molecular weight is 253 g/mol. The molecule has 18 heavy (non-hydrogen) atoms. The molecule has 4 nitrogen and oxygen atoms in total. The van der Waals surface area contributed by atoms with Gasteiger partial charge in [0.15, 0.2) is 0 Å². The maximum atomic E-state index is 8.96. The zero-order chi connectivity index (χ0) is 13.2. The molecule has 2 N–H and O–H groups in total. The summed E-state index contributed by atoms with van der Waals surface area (Å²) in [6.45, 7) is 4.24. The van der Waals surface area contributed by atoms with E-state index >= 15 is 0 Å². The molecular formula is C14H23NO3. The van der Waals surface area contributed by atoms with Crippen molar-refractivity contribution in [3.8, 4) is 5.75 Å². The number of likely N-dealkylation sites (N-methyl/N-ethyl adjacent to an activating group) is 1. The quantitative estimate of drug-likeness (QED) is 0.701. The number of ether oxygens (including phenoxy) is 2. The fraction of sp³-hybridized carbons (Fsp3) is 0.571. The first-order valence-corrected chi connectivity index (χ1v) is 6.35. The highest BCUT2D eigenvalue weighted by atomic mass is 16.5. The van der Waals surface area contributed by atoms with Crippen LogP contribution in [-0.4, -0.2) is 38.0 Å². The van der Waals surface area contributed by atoms with Gasteiger partial charge in [0.2, 0.25) is 0 Å². The Morgan fingerprint density at radius 1 is 1.39 bits per heavy atom. The summed E-state index contributed by atoms with van der Waals surface area (Å²) >= 11 is 0.